The molecule has 1 fully saturated rings. The summed E-state index contributed by atoms with van der Waals surface area (Å²) in [6, 6.07) is 3.99. The SMILES string of the molecule is CCOC(=O)C1CCCN(CC(=O)Nc2cc(Cl)ccc2F)C1. The maximum absolute atomic E-state index is 13.6. The molecule has 1 unspecified atom stereocenters. The molecule has 1 aromatic rings. The van der Waals surface area contributed by atoms with Crippen LogP contribution in [0.1, 0.15) is 19.8 Å². The Hall–Kier alpha value is -1.66. The van der Waals surface area contributed by atoms with Gasteiger partial charge in [0.1, 0.15) is 5.82 Å². The Bertz CT molecular complexity index is 582. The number of benzene rings is 1. The molecular formula is C16H20ClFN2O3. The molecular weight excluding hydrogens is 323 g/mol. The molecule has 2 rings (SSSR count). The number of piperidine rings is 1. The van der Waals surface area contributed by atoms with Crippen molar-refractivity contribution in [2.45, 2.75) is 19.8 Å². The van der Waals surface area contributed by atoms with E-state index in [1.807, 2.05) is 4.90 Å². The van der Waals surface area contributed by atoms with Crippen LogP contribution in [-0.4, -0.2) is 43.0 Å². The number of hydrogen-bond donors (Lipinski definition) is 1. The summed E-state index contributed by atoms with van der Waals surface area (Å²) < 4.78 is 18.6. The molecule has 0 radical (unpaired) electrons. The first-order chi connectivity index (χ1) is 11.0. The van der Waals surface area contributed by atoms with Crippen molar-refractivity contribution in [3.8, 4) is 0 Å². The zero-order valence-electron chi connectivity index (χ0n) is 13.0. The maximum atomic E-state index is 13.6. The minimum Gasteiger partial charge on any atom is -0.466 e. The lowest BCUT2D eigenvalue weighted by Crippen LogP contribution is -2.43. The third-order valence-corrected chi connectivity index (χ3v) is 3.93. The standard InChI is InChI=1S/C16H20ClFN2O3/c1-2-23-16(22)11-4-3-7-20(9-11)10-15(21)19-14-8-12(17)5-6-13(14)18/h5-6,8,11H,2-4,7,9-10H2,1H3,(H,19,21). The van der Waals surface area contributed by atoms with Crippen LogP contribution in [0.25, 0.3) is 0 Å². The van der Waals surface area contributed by atoms with E-state index < -0.39 is 5.82 Å². The number of carbonyl (C=O) groups is 2. The summed E-state index contributed by atoms with van der Waals surface area (Å²) in [6.45, 7) is 3.42. The number of amides is 1. The molecule has 23 heavy (non-hydrogen) atoms. The van der Waals surface area contributed by atoms with Crippen molar-refractivity contribution in [3.63, 3.8) is 0 Å². The van der Waals surface area contributed by atoms with Crippen molar-refractivity contribution in [3.05, 3.63) is 29.0 Å². The van der Waals surface area contributed by atoms with Gasteiger partial charge >= 0.3 is 5.97 Å². The van der Waals surface area contributed by atoms with E-state index in [1.54, 1.807) is 6.92 Å². The average molecular weight is 343 g/mol. The van der Waals surface area contributed by atoms with Crippen LogP contribution < -0.4 is 5.32 Å². The topological polar surface area (TPSA) is 58.6 Å². The van der Waals surface area contributed by atoms with Gasteiger partial charge in [0.25, 0.3) is 0 Å². The number of rotatable bonds is 5. The van der Waals surface area contributed by atoms with Gasteiger partial charge in [-0.15, -0.1) is 0 Å². The summed E-state index contributed by atoms with van der Waals surface area (Å²) in [5.74, 6) is -1.31. The van der Waals surface area contributed by atoms with Crippen LogP contribution in [0.15, 0.2) is 18.2 Å². The van der Waals surface area contributed by atoms with E-state index in [0.29, 0.717) is 18.2 Å². The van der Waals surface area contributed by atoms with Gasteiger partial charge < -0.3 is 10.1 Å². The number of nitrogens with zero attached hydrogens (tertiary/aromatic N) is 1. The molecule has 1 saturated heterocycles. The van der Waals surface area contributed by atoms with Crippen molar-refractivity contribution < 1.29 is 18.7 Å². The number of carbonyl (C=O) groups excluding carboxylic acids is 2. The van der Waals surface area contributed by atoms with E-state index in [4.69, 9.17) is 16.3 Å². The number of hydrogen-bond acceptors (Lipinski definition) is 4. The molecule has 5 nitrogen and oxygen atoms in total. The number of esters is 1. The first kappa shape index (κ1) is 17.7. The van der Waals surface area contributed by atoms with Gasteiger partial charge in [0.05, 0.1) is 24.8 Å². The summed E-state index contributed by atoms with van der Waals surface area (Å²) in [4.78, 5) is 25.7. The van der Waals surface area contributed by atoms with E-state index in [0.717, 1.165) is 19.4 Å². The monoisotopic (exact) mass is 342 g/mol. The highest BCUT2D eigenvalue weighted by atomic mass is 35.5. The number of halogens is 2. The molecule has 1 atom stereocenters. The van der Waals surface area contributed by atoms with Crippen LogP contribution in [0.5, 0.6) is 0 Å². The molecule has 126 valence electrons. The summed E-state index contributed by atoms with van der Waals surface area (Å²) in [5, 5.41) is 2.86. The lowest BCUT2D eigenvalue weighted by atomic mass is 9.98. The molecule has 0 aromatic heterocycles. The second-order valence-corrected chi connectivity index (χ2v) is 5.94. The summed E-state index contributed by atoms with van der Waals surface area (Å²) >= 11 is 5.80. The van der Waals surface area contributed by atoms with E-state index in [-0.39, 0.29) is 30.0 Å². The van der Waals surface area contributed by atoms with Gasteiger partial charge in [-0.25, -0.2) is 4.39 Å². The number of ether oxygens (including phenoxy) is 1. The lowest BCUT2D eigenvalue weighted by Gasteiger charge is -2.30. The molecule has 1 amide bonds. The highest BCUT2D eigenvalue weighted by molar-refractivity contribution is 6.30. The predicted molar refractivity (Wildman–Crippen MR) is 85.8 cm³/mol. The second kappa shape index (κ2) is 8.26. The first-order valence-corrected chi connectivity index (χ1v) is 8.01. The zero-order chi connectivity index (χ0) is 16.8. The zero-order valence-corrected chi connectivity index (χ0v) is 13.7. The third-order valence-electron chi connectivity index (χ3n) is 3.70. The Balaban J connectivity index is 1.89. The van der Waals surface area contributed by atoms with Crippen LogP contribution in [0, 0.1) is 11.7 Å². The van der Waals surface area contributed by atoms with Gasteiger partial charge in [-0.3, -0.25) is 14.5 Å². The smallest absolute Gasteiger partial charge is 0.310 e. The van der Waals surface area contributed by atoms with Crippen LogP contribution >= 0.6 is 11.6 Å². The highest BCUT2D eigenvalue weighted by Crippen LogP contribution is 2.20. The van der Waals surface area contributed by atoms with Gasteiger partial charge in [0, 0.05) is 11.6 Å². The van der Waals surface area contributed by atoms with Crippen molar-refractivity contribution in [1.82, 2.24) is 4.90 Å². The molecule has 1 aliphatic rings. The summed E-state index contributed by atoms with van der Waals surface area (Å²) in [6.07, 6.45) is 1.59. The van der Waals surface area contributed by atoms with Crippen LogP contribution in [0.4, 0.5) is 10.1 Å². The largest absolute Gasteiger partial charge is 0.466 e. The van der Waals surface area contributed by atoms with Gasteiger partial charge in [-0.1, -0.05) is 11.6 Å². The molecule has 0 spiro atoms. The minimum absolute atomic E-state index is 0.0569. The molecule has 1 aromatic carbocycles. The molecule has 0 saturated carbocycles. The van der Waals surface area contributed by atoms with Crippen molar-refractivity contribution in [2.24, 2.45) is 5.92 Å². The fraction of sp³-hybridized carbons (Fsp3) is 0.500. The molecule has 1 heterocycles. The number of anilines is 1. The van der Waals surface area contributed by atoms with Gasteiger partial charge in [-0.2, -0.15) is 0 Å². The van der Waals surface area contributed by atoms with Crippen molar-refractivity contribution in [1.29, 1.82) is 0 Å². The van der Waals surface area contributed by atoms with E-state index in [2.05, 4.69) is 5.32 Å². The van der Waals surface area contributed by atoms with E-state index in [1.165, 1.54) is 18.2 Å². The molecule has 0 bridgehead atoms. The maximum Gasteiger partial charge on any atom is 0.310 e. The van der Waals surface area contributed by atoms with E-state index in [9.17, 15) is 14.0 Å². The fourth-order valence-corrected chi connectivity index (χ4v) is 2.81. The average Bonchev–Trinajstić information content (AvgIpc) is 2.51. The lowest BCUT2D eigenvalue weighted by molar-refractivity contribution is -0.150. The Morgan fingerprint density at radius 3 is 3.00 bits per heavy atom. The summed E-state index contributed by atoms with van der Waals surface area (Å²) in [7, 11) is 0. The van der Waals surface area contributed by atoms with Crippen LogP contribution in [0.2, 0.25) is 5.02 Å². The molecule has 0 aliphatic carbocycles. The van der Waals surface area contributed by atoms with Crippen LogP contribution in [0.3, 0.4) is 0 Å². The fourth-order valence-electron chi connectivity index (χ4n) is 2.64. The molecule has 1 aliphatic heterocycles. The second-order valence-electron chi connectivity index (χ2n) is 5.50. The Morgan fingerprint density at radius 2 is 2.26 bits per heavy atom. The van der Waals surface area contributed by atoms with E-state index >= 15 is 0 Å². The van der Waals surface area contributed by atoms with Gasteiger partial charge in [0.15, 0.2) is 0 Å². The molecule has 7 heteroatoms. The predicted octanol–water partition coefficient (Wildman–Crippen LogP) is 2.69. The Labute approximate surface area is 139 Å². The Kier molecular flexibility index (Phi) is 6.36. The van der Waals surface area contributed by atoms with Crippen molar-refractivity contribution in [2.75, 3.05) is 31.6 Å². The summed E-state index contributed by atoms with van der Waals surface area (Å²) in [5.41, 5.74) is 0.0569. The van der Waals surface area contributed by atoms with Crippen LogP contribution in [-0.2, 0) is 14.3 Å². The minimum atomic E-state index is -0.536. The van der Waals surface area contributed by atoms with Gasteiger partial charge in [0.2, 0.25) is 5.91 Å². The van der Waals surface area contributed by atoms with Crippen molar-refractivity contribution >= 4 is 29.2 Å². The normalized spacial score (nSPS) is 18.5. The first-order valence-electron chi connectivity index (χ1n) is 7.63. The van der Waals surface area contributed by atoms with Gasteiger partial charge in [-0.05, 0) is 44.5 Å². The number of nitrogens with one attached hydrogen (secondary N) is 1. The quantitative estimate of drug-likeness (QED) is 0.836. The number of likely N-dealkylation sites (tertiary alicyclic amines) is 1. The Morgan fingerprint density at radius 1 is 1.48 bits per heavy atom. The molecule has 1 N–H and O–H groups in total. The third kappa shape index (κ3) is 5.18. The highest BCUT2D eigenvalue weighted by Gasteiger charge is 2.27.